The third-order valence-electron chi connectivity index (χ3n) is 6.21. The van der Waals surface area contributed by atoms with Crippen molar-refractivity contribution in [2.45, 2.75) is 58.4 Å². The van der Waals surface area contributed by atoms with E-state index in [9.17, 15) is 14.4 Å². The molecule has 30 heavy (non-hydrogen) atoms. The van der Waals surface area contributed by atoms with Crippen LogP contribution in [0.5, 0.6) is 0 Å². The number of aryl methyl sites for hydroxylation is 1. The highest BCUT2D eigenvalue weighted by atomic mass is 16.2. The van der Waals surface area contributed by atoms with Crippen molar-refractivity contribution in [3.63, 3.8) is 0 Å². The molecule has 0 saturated carbocycles. The van der Waals surface area contributed by atoms with Crippen molar-refractivity contribution < 1.29 is 14.4 Å². The van der Waals surface area contributed by atoms with Gasteiger partial charge in [-0.05, 0) is 55.9 Å². The van der Waals surface area contributed by atoms with Crippen LogP contribution in [-0.2, 0) is 13.0 Å². The van der Waals surface area contributed by atoms with Crippen molar-refractivity contribution >= 4 is 17.6 Å². The Labute approximate surface area is 177 Å². The summed E-state index contributed by atoms with van der Waals surface area (Å²) in [6.07, 6.45) is 6.72. The predicted octanol–water partition coefficient (Wildman–Crippen LogP) is 3.79. The van der Waals surface area contributed by atoms with Gasteiger partial charge in [0, 0.05) is 42.9 Å². The van der Waals surface area contributed by atoms with Crippen LogP contribution in [0.25, 0.3) is 0 Å². The number of carbonyl (C=O) groups excluding carboxylic acids is 3. The number of H-pyrrole nitrogens is 1. The Hall–Kier alpha value is -2.89. The summed E-state index contributed by atoms with van der Waals surface area (Å²) >= 11 is 0. The van der Waals surface area contributed by atoms with E-state index >= 15 is 0 Å². The molecule has 0 radical (unpaired) electrons. The third-order valence-corrected chi connectivity index (χ3v) is 6.21. The van der Waals surface area contributed by atoms with E-state index in [1.165, 1.54) is 12.8 Å². The second kappa shape index (κ2) is 8.86. The van der Waals surface area contributed by atoms with E-state index in [0.717, 1.165) is 55.6 Å². The maximum absolute atomic E-state index is 12.7. The number of ketones is 1. The smallest absolute Gasteiger partial charge is 0.268 e. The summed E-state index contributed by atoms with van der Waals surface area (Å²) in [5.41, 5.74) is 4.42. The Morgan fingerprint density at radius 3 is 2.37 bits per heavy atom. The average Bonchev–Trinajstić information content (AvgIpc) is 2.93. The fourth-order valence-corrected chi connectivity index (χ4v) is 4.49. The quantitative estimate of drug-likeness (QED) is 0.809. The fourth-order valence-electron chi connectivity index (χ4n) is 4.49. The summed E-state index contributed by atoms with van der Waals surface area (Å²) < 4.78 is 0. The van der Waals surface area contributed by atoms with Crippen LogP contribution < -0.4 is 5.32 Å². The molecule has 0 unspecified atom stereocenters. The highest BCUT2D eigenvalue weighted by molar-refractivity contribution is 6.04. The van der Waals surface area contributed by atoms with E-state index in [4.69, 9.17) is 0 Å². The number of aromatic nitrogens is 1. The fraction of sp³-hybridized carbons (Fsp3) is 0.458. The molecule has 6 nitrogen and oxygen atoms in total. The van der Waals surface area contributed by atoms with Crippen LogP contribution in [0.3, 0.4) is 0 Å². The number of rotatable bonds is 4. The Balaban J connectivity index is 1.38. The summed E-state index contributed by atoms with van der Waals surface area (Å²) in [6.45, 7) is 3.86. The van der Waals surface area contributed by atoms with Crippen LogP contribution in [0.2, 0.25) is 0 Å². The average molecular weight is 408 g/mol. The lowest BCUT2D eigenvalue weighted by Crippen LogP contribution is -2.31. The van der Waals surface area contributed by atoms with E-state index in [2.05, 4.69) is 10.3 Å². The number of carbonyl (C=O) groups is 3. The van der Waals surface area contributed by atoms with Gasteiger partial charge in [-0.2, -0.15) is 0 Å². The summed E-state index contributed by atoms with van der Waals surface area (Å²) in [6, 6.07) is 7.46. The van der Waals surface area contributed by atoms with Gasteiger partial charge >= 0.3 is 0 Å². The van der Waals surface area contributed by atoms with Crippen molar-refractivity contribution in [3.8, 4) is 0 Å². The maximum atomic E-state index is 12.7. The van der Waals surface area contributed by atoms with Gasteiger partial charge in [-0.1, -0.05) is 25.0 Å². The number of nitrogens with one attached hydrogen (secondary N) is 2. The van der Waals surface area contributed by atoms with Crippen molar-refractivity contribution in [1.82, 2.24) is 15.2 Å². The molecule has 0 bridgehead atoms. The molecule has 1 aromatic carbocycles. The van der Waals surface area contributed by atoms with Crippen LogP contribution in [-0.4, -0.2) is 40.6 Å². The minimum absolute atomic E-state index is 0.0877. The van der Waals surface area contributed by atoms with Gasteiger partial charge in [-0.3, -0.25) is 14.4 Å². The predicted molar refractivity (Wildman–Crippen MR) is 115 cm³/mol. The molecular weight excluding hydrogens is 378 g/mol. The van der Waals surface area contributed by atoms with Crippen LogP contribution >= 0.6 is 0 Å². The lowest BCUT2D eigenvalue weighted by molar-refractivity contribution is 0.0761. The Bertz CT molecular complexity index is 951. The lowest BCUT2D eigenvalue weighted by Gasteiger charge is -2.20. The Kier molecular flexibility index (Phi) is 6.02. The minimum Gasteiger partial charge on any atom is -0.354 e. The summed E-state index contributed by atoms with van der Waals surface area (Å²) in [5, 5.41) is 2.92. The zero-order chi connectivity index (χ0) is 21.1. The number of hydrogen-bond acceptors (Lipinski definition) is 3. The van der Waals surface area contributed by atoms with Gasteiger partial charge in [-0.25, -0.2) is 0 Å². The molecule has 4 rings (SSSR count). The SMILES string of the molecule is Cc1c(C(=O)NCc2ccc(C(=O)N3CCCCCC3)cc2)[nH]c2c1C(=O)CCC2. The number of likely N-dealkylation sites (tertiary alicyclic amines) is 1. The van der Waals surface area contributed by atoms with Gasteiger partial charge in [0.25, 0.3) is 11.8 Å². The molecule has 2 N–H and O–H groups in total. The third kappa shape index (κ3) is 4.18. The van der Waals surface area contributed by atoms with Crippen LogP contribution in [0.1, 0.15) is 86.6 Å². The highest BCUT2D eigenvalue weighted by Crippen LogP contribution is 2.26. The lowest BCUT2D eigenvalue weighted by atomic mass is 9.94. The molecule has 158 valence electrons. The van der Waals surface area contributed by atoms with Gasteiger partial charge in [-0.15, -0.1) is 0 Å². The molecule has 6 heteroatoms. The largest absolute Gasteiger partial charge is 0.354 e. The molecule has 1 saturated heterocycles. The first-order valence-corrected chi connectivity index (χ1v) is 11.0. The number of nitrogens with zero attached hydrogens (tertiary/aromatic N) is 1. The summed E-state index contributed by atoms with van der Waals surface area (Å²) in [7, 11) is 0. The molecule has 1 aliphatic heterocycles. The highest BCUT2D eigenvalue weighted by Gasteiger charge is 2.26. The van der Waals surface area contributed by atoms with Gasteiger partial charge in [0.05, 0.1) is 0 Å². The van der Waals surface area contributed by atoms with E-state index in [1.54, 1.807) is 0 Å². The van der Waals surface area contributed by atoms with Gasteiger partial charge in [0.15, 0.2) is 5.78 Å². The van der Waals surface area contributed by atoms with E-state index < -0.39 is 0 Å². The molecule has 2 aromatic rings. The molecular formula is C24H29N3O3. The number of fused-ring (bicyclic) bond motifs is 1. The van der Waals surface area contributed by atoms with Crippen molar-refractivity contribution in [3.05, 3.63) is 57.9 Å². The molecule has 2 aliphatic rings. The number of benzene rings is 1. The minimum atomic E-state index is -0.209. The van der Waals surface area contributed by atoms with E-state index in [1.807, 2.05) is 36.1 Å². The monoisotopic (exact) mass is 407 g/mol. The molecule has 0 atom stereocenters. The first-order valence-electron chi connectivity index (χ1n) is 11.0. The van der Waals surface area contributed by atoms with Crippen molar-refractivity contribution in [2.75, 3.05) is 13.1 Å². The Morgan fingerprint density at radius 1 is 1.00 bits per heavy atom. The molecule has 2 amide bonds. The topological polar surface area (TPSA) is 82.3 Å². The van der Waals surface area contributed by atoms with Crippen molar-refractivity contribution in [2.24, 2.45) is 0 Å². The Morgan fingerprint density at radius 2 is 1.70 bits per heavy atom. The van der Waals surface area contributed by atoms with E-state index in [0.29, 0.717) is 29.8 Å². The zero-order valence-electron chi connectivity index (χ0n) is 17.6. The normalized spacial score (nSPS) is 16.7. The maximum Gasteiger partial charge on any atom is 0.268 e. The van der Waals surface area contributed by atoms with E-state index in [-0.39, 0.29) is 17.6 Å². The number of hydrogen-bond donors (Lipinski definition) is 2. The van der Waals surface area contributed by atoms with Crippen LogP contribution in [0.4, 0.5) is 0 Å². The van der Waals surface area contributed by atoms with Gasteiger partial charge < -0.3 is 15.2 Å². The summed E-state index contributed by atoms with van der Waals surface area (Å²) in [5.74, 6) is -0.00196. The molecule has 1 fully saturated rings. The van der Waals surface area contributed by atoms with Crippen LogP contribution in [0, 0.1) is 6.92 Å². The number of amides is 2. The zero-order valence-corrected chi connectivity index (χ0v) is 17.6. The molecule has 0 spiro atoms. The first-order chi connectivity index (χ1) is 14.5. The second-order valence-corrected chi connectivity index (χ2v) is 8.34. The first kappa shape index (κ1) is 20.4. The van der Waals surface area contributed by atoms with Crippen LogP contribution in [0.15, 0.2) is 24.3 Å². The molecule has 1 aliphatic carbocycles. The van der Waals surface area contributed by atoms with Gasteiger partial charge in [0.2, 0.25) is 0 Å². The second-order valence-electron chi connectivity index (χ2n) is 8.34. The van der Waals surface area contributed by atoms with Gasteiger partial charge in [0.1, 0.15) is 5.69 Å². The number of Topliss-reactive ketones (excluding diaryl/α,β-unsaturated/α-hetero) is 1. The standard InChI is InChI=1S/C24H29N3O3/c1-16-21-19(7-6-8-20(21)28)26-22(16)23(29)25-15-17-9-11-18(12-10-17)24(30)27-13-4-2-3-5-14-27/h9-12,26H,2-8,13-15H2,1H3,(H,25,29). The molecule has 1 aromatic heterocycles. The van der Waals surface area contributed by atoms with Crippen molar-refractivity contribution in [1.29, 1.82) is 0 Å². The summed E-state index contributed by atoms with van der Waals surface area (Å²) in [4.78, 5) is 42.6. The number of aromatic amines is 1. The molecule has 2 heterocycles.